The summed E-state index contributed by atoms with van der Waals surface area (Å²) in [7, 11) is 0. The Hall–Kier alpha value is -1.38. The zero-order valence-corrected chi connectivity index (χ0v) is 10.7. The van der Waals surface area contributed by atoms with E-state index in [9.17, 15) is 10.1 Å². The van der Waals surface area contributed by atoms with Gasteiger partial charge in [0.2, 0.25) is 0 Å². The third kappa shape index (κ3) is 3.84. The lowest BCUT2D eigenvalue weighted by molar-refractivity contribution is -0.385. The van der Waals surface area contributed by atoms with Gasteiger partial charge in [0.1, 0.15) is 0 Å². The van der Waals surface area contributed by atoms with E-state index in [0.717, 1.165) is 49.7 Å². The molecule has 0 aliphatic heterocycles. The summed E-state index contributed by atoms with van der Waals surface area (Å²) in [6.45, 7) is 4.25. The molecule has 0 bridgehead atoms. The van der Waals surface area contributed by atoms with Crippen molar-refractivity contribution < 1.29 is 4.92 Å². The predicted molar refractivity (Wildman–Crippen MR) is 70.3 cm³/mol. The number of aryl methyl sites for hydroxylation is 1. The molecule has 0 radical (unpaired) electrons. The van der Waals surface area contributed by atoms with Gasteiger partial charge < -0.3 is 0 Å². The van der Waals surface area contributed by atoms with Crippen LogP contribution in [0.1, 0.15) is 50.7 Å². The molecule has 94 valence electrons. The predicted octanol–water partition coefficient (Wildman–Crippen LogP) is 4.28. The second-order valence-corrected chi connectivity index (χ2v) is 4.38. The molecular weight excluding hydrogens is 214 g/mol. The summed E-state index contributed by atoms with van der Waals surface area (Å²) in [5, 5.41) is 11.0. The maximum atomic E-state index is 11.0. The van der Waals surface area contributed by atoms with E-state index in [1.807, 2.05) is 6.07 Å². The van der Waals surface area contributed by atoms with Gasteiger partial charge in [-0.25, -0.2) is 0 Å². The molecule has 0 fully saturated rings. The number of nitrogens with zero attached hydrogens (tertiary/aromatic N) is 1. The fraction of sp³-hybridized carbons (Fsp3) is 0.571. The molecule has 1 aromatic rings. The molecule has 0 heterocycles. The van der Waals surface area contributed by atoms with E-state index in [2.05, 4.69) is 13.8 Å². The molecule has 3 nitrogen and oxygen atoms in total. The van der Waals surface area contributed by atoms with Crippen LogP contribution in [-0.2, 0) is 12.8 Å². The Morgan fingerprint density at radius 2 is 1.76 bits per heavy atom. The summed E-state index contributed by atoms with van der Waals surface area (Å²) < 4.78 is 0. The standard InChI is InChI=1S/C14H21NO2/c1-3-5-8-12-9-7-11-14(15(16)17)13(12)10-6-4-2/h7,9,11H,3-6,8,10H2,1-2H3. The normalized spacial score (nSPS) is 10.5. The number of benzene rings is 1. The molecule has 0 aromatic heterocycles. The maximum Gasteiger partial charge on any atom is 0.272 e. The molecule has 0 amide bonds. The van der Waals surface area contributed by atoms with Crippen LogP contribution in [0.25, 0.3) is 0 Å². The minimum atomic E-state index is -0.250. The number of rotatable bonds is 7. The lowest BCUT2D eigenvalue weighted by Crippen LogP contribution is -2.01. The quantitative estimate of drug-likeness (QED) is 0.523. The molecule has 17 heavy (non-hydrogen) atoms. The van der Waals surface area contributed by atoms with E-state index < -0.39 is 0 Å². The van der Waals surface area contributed by atoms with Gasteiger partial charge >= 0.3 is 0 Å². The zero-order valence-electron chi connectivity index (χ0n) is 10.7. The highest BCUT2D eigenvalue weighted by molar-refractivity contribution is 5.45. The Morgan fingerprint density at radius 1 is 1.12 bits per heavy atom. The second kappa shape index (κ2) is 7.05. The van der Waals surface area contributed by atoms with Crippen LogP contribution in [0.15, 0.2) is 18.2 Å². The third-order valence-corrected chi connectivity index (χ3v) is 3.03. The number of nitro benzene ring substituents is 1. The van der Waals surface area contributed by atoms with Crippen LogP contribution in [0.5, 0.6) is 0 Å². The minimum absolute atomic E-state index is 0.250. The van der Waals surface area contributed by atoms with E-state index in [1.54, 1.807) is 12.1 Å². The van der Waals surface area contributed by atoms with Crippen molar-refractivity contribution in [2.24, 2.45) is 0 Å². The first kappa shape index (κ1) is 13.7. The van der Waals surface area contributed by atoms with E-state index >= 15 is 0 Å². The van der Waals surface area contributed by atoms with Crippen LogP contribution in [0.2, 0.25) is 0 Å². The fourth-order valence-electron chi connectivity index (χ4n) is 2.04. The SMILES string of the molecule is CCCCc1cccc([N+](=O)[O-])c1CCCC. The summed E-state index contributed by atoms with van der Waals surface area (Å²) in [6.07, 6.45) is 6.09. The average molecular weight is 235 g/mol. The number of unbranched alkanes of at least 4 members (excludes halogenated alkanes) is 2. The van der Waals surface area contributed by atoms with Crippen LogP contribution in [0.4, 0.5) is 5.69 Å². The molecule has 0 atom stereocenters. The van der Waals surface area contributed by atoms with E-state index in [0.29, 0.717) is 5.69 Å². The molecule has 0 saturated carbocycles. The van der Waals surface area contributed by atoms with Gasteiger partial charge in [0, 0.05) is 11.6 Å². The second-order valence-electron chi connectivity index (χ2n) is 4.38. The first-order valence-electron chi connectivity index (χ1n) is 6.45. The van der Waals surface area contributed by atoms with Crippen molar-refractivity contribution in [3.63, 3.8) is 0 Å². The zero-order chi connectivity index (χ0) is 12.7. The van der Waals surface area contributed by atoms with Gasteiger partial charge in [0.25, 0.3) is 5.69 Å². The molecule has 0 saturated heterocycles. The van der Waals surface area contributed by atoms with Crippen molar-refractivity contribution in [1.29, 1.82) is 0 Å². The lowest BCUT2D eigenvalue weighted by Gasteiger charge is -2.09. The fourth-order valence-corrected chi connectivity index (χ4v) is 2.04. The van der Waals surface area contributed by atoms with Gasteiger partial charge in [-0.2, -0.15) is 0 Å². The highest BCUT2D eigenvalue weighted by Gasteiger charge is 2.16. The molecule has 0 unspecified atom stereocenters. The van der Waals surface area contributed by atoms with Gasteiger partial charge in [0.15, 0.2) is 0 Å². The van der Waals surface area contributed by atoms with Crippen LogP contribution in [-0.4, -0.2) is 4.92 Å². The highest BCUT2D eigenvalue weighted by atomic mass is 16.6. The van der Waals surface area contributed by atoms with Gasteiger partial charge in [-0.05, 0) is 31.2 Å². The van der Waals surface area contributed by atoms with Gasteiger partial charge in [-0.15, -0.1) is 0 Å². The van der Waals surface area contributed by atoms with Gasteiger partial charge in [-0.1, -0.05) is 38.8 Å². The summed E-state index contributed by atoms with van der Waals surface area (Å²) in [5.41, 5.74) is 2.41. The number of hydrogen-bond donors (Lipinski definition) is 0. The van der Waals surface area contributed by atoms with Crippen LogP contribution in [0, 0.1) is 10.1 Å². The molecule has 0 N–H and O–H groups in total. The molecule has 0 spiro atoms. The summed E-state index contributed by atoms with van der Waals surface area (Å²) in [5.74, 6) is 0. The van der Waals surface area contributed by atoms with Gasteiger partial charge in [0.05, 0.1) is 4.92 Å². The molecule has 0 aliphatic carbocycles. The molecule has 3 heteroatoms. The van der Waals surface area contributed by atoms with E-state index in [-0.39, 0.29) is 4.92 Å². The van der Waals surface area contributed by atoms with Crippen LogP contribution >= 0.6 is 0 Å². The number of hydrogen-bond acceptors (Lipinski definition) is 2. The molecule has 1 rings (SSSR count). The summed E-state index contributed by atoms with van der Waals surface area (Å²) in [6, 6.07) is 5.46. The Morgan fingerprint density at radius 3 is 2.35 bits per heavy atom. The van der Waals surface area contributed by atoms with Crippen molar-refractivity contribution in [2.45, 2.75) is 52.4 Å². The van der Waals surface area contributed by atoms with Crippen LogP contribution in [0.3, 0.4) is 0 Å². The van der Waals surface area contributed by atoms with Crippen molar-refractivity contribution >= 4 is 5.69 Å². The van der Waals surface area contributed by atoms with E-state index in [1.165, 1.54) is 0 Å². The first-order chi connectivity index (χ1) is 8.20. The minimum Gasteiger partial charge on any atom is -0.258 e. The van der Waals surface area contributed by atoms with Crippen molar-refractivity contribution in [3.05, 3.63) is 39.4 Å². The number of nitro groups is 1. The summed E-state index contributed by atoms with van der Waals surface area (Å²) >= 11 is 0. The average Bonchev–Trinajstić information content (AvgIpc) is 2.33. The highest BCUT2D eigenvalue weighted by Crippen LogP contribution is 2.25. The lowest BCUT2D eigenvalue weighted by atomic mass is 9.96. The smallest absolute Gasteiger partial charge is 0.258 e. The Kier molecular flexibility index (Phi) is 5.67. The summed E-state index contributed by atoms with van der Waals surface area (Å²) in [4.78, 5) is 10.8. The maximum absolute atomic E-state index is 11.0. The van der Waals surface area contributed by atoms with E-state index in [4.69, 9.17) is 0 Å². The topological polar surface area (TPSA) is 43.1 Å². The third-order valence-electron chi connectivity index (χ3n) is 3.03. The molecular formula is C14H21NO2. The van der Waals surface area contributed by atoms with Crippen LogP contribution < -0.4 is 0 Å². The molecule has 0 aliphatic rings. The van der Waals surface area contributed by atoms with Gasteiger partial charge in [-0.3, -0.25) is 10.1 Å². The Balaban J connectivity index is 3.00. The monoisotopic (exact) mass is 235 g/mol. The van der Waals surface area contributed by atoms with Crippen molar-refractivity contribution in [1.82, 2.24) is 0 Å². The molecule has 1 aromatic carbocycles. The van der Waals surface area contributed by atoms with Crippen molar-refractivity contribution in [3.8, 4) is 0 Å². The largest absolute Gasteiger partial charge is 0.272 e. The Bertz CT molecular complexity index is 374. The van der Waals surface area contributed by atoms with Crippen molar-refractivity contribution in [2.75, 3.05) is 0 Å². The first-order valence-corrected chi connectivity index (χ1v) is 6.45. The Labute approximate surface area is 103 Å².